The summed E-state index contributed by atoms with van der Waals surface area (Å²) in [6.45, 7) is 7.71. The second-order valence-electron chi connectivity index (χ2n) is 6.99. The van der Waals surface area contributed by atoms with E-state index in [2.05, 4.69) is 36.7 Å². The molecule has 1 fully saturated rings. The van der Waals surface area contributed by atoms with E-state index in [0.717, 1.165) is 23.2 Å². The molecule has 0 radical (unpaired) electrons. The van der Waals surface area contributed by atoms with Gasteiger partial charge in [0.15, 0.2) is 0 Å². The summed E-state index contributed by atoms with van der Waals surface area (Å²) in [7, 11) is 0. The van der Waals surface area contributed by atoms with Crippen molar-refractivity contribution >= 4 is 15.9 Å². The third-order valence-electron chi connectivity index (χ3n) is 4.54. The monoisotopic (exact) mass is 339 g/mol. The van der Waals surface area contributed by atoms with Gasteiger partial charge < -0.3 is 10.5 Å². The number of halogens is 1. The Balaban J connectivity index is 2.09. The zero-order valence-electron chi connectivity index (χ0n) is 12.7. The van der Waals surface area contributed by atoms with Crippen LogP contribution in [0.25, 0.3) is 0 Å². The molecule has 1 aromatic carbocycles. The summed E-state index contributed by atoms with van der Waals surface area (Å²) >= 11 is 3.50. The molecule has 1 aliphatic rings. The Labute approximate surface area is 131 Å². The number of ether oxygens (including phenoxy) is 1. The van der Waals surface area contributed by atoms with Gasteiger partial charge in [0.25, 0.3) is 0 Å². The molecule has 0 aromatic heterocycles. The van der Waals surface area contributed by atoms with Crippen LogP contribution in [0.15, 0.2) is 28.7 Å². The number of benzene rings is 1. The molecule has 2 rings (SSSR count). The molecule has 1 saturated carbocycles. The summed E-state index contributed by atoms with van der Waals surface area (Å²) in [5.41, 5.74) is 6.29. The van der Waals surface area contributed by atoms with Gasteiger partial charge in [0.2, 0.25) is 0 Å². The fourth-order valence-corrected chi connectivity index (χ4v) is 3.49. The standard InChI is InChI=1S/C17H26BrNO/c1-17(2,3)13-8-7-12(11-19)16(9-13)20-15-6-4-5-14(18)10-15/h4-6,10,12-13,16H,7-9,11,19H2,1-3H3. The highest BCUT2D eigenvalue weighted by Gasteiger charge is 2.36. The third-order valence-corrected chi connectivity index (χ3v) is 5.03. The van der Waals surface area contributed by atoms with E-state index in [1.54, 1.807) is 0 Å². The van der Waals surface area contributed by atoms with Gasteiger partial charge in [-0.05, 0) is 55.3 Å². The van der Waals surface area contributed by atoms with Crippen molar-refractivity contribution in [2.45, 2.75) is 46.1 Å². The van der Waals surface area contributed by atoms with Crippen molar-refractivity contribution in [1.82, 2.24) is 0 Å². The molecule has 3 unspecified atom stereocenters. The smallest absolute Gasteiger partial charge is 0.120 e. The lowest BCUT2D eigenvalue weighted by molar-refractivity contribution is 0.0331. The summed E-state index contributed by atoms with van der Waals surface area (Å²) in [5, 5.41) is 0. The van der Waals surface area contributed by atoms with Gasteiger partial charge in [-0.1, -0.05) is 42.8 Å². The molecular formula is C17H26BrNO. The molecule has 1 aliphatic carbocycles. The Morgan fingerprint density at radius 3 is 2.65 bits per heavy atom. The summed E-state index contributed by atoms with van der Waals surface area (Å²) in [6.07, 6.45) is 3.80. The Hall–Kier alpha value is -0.540. The maximum absolute atomic E-state index is 6.26. The van der Waals surface area contributed by atoms with Crippen LogP contribution in [-0.4, -0.2) is 12.6 Å². The maximum atomic E-state index is 6.26. The van der Waals surface area contributed by atoms with Crippen LogP contribution in [0.4, 0.5) is 0 Å². The molecule has 2 N–H and O–H groups in total. The van der Waals surface area contributed by atoms with Gasteiger partial charge in [-0.3, -0.25) is 0 Å². The van der Waals surface area contributed by atoms with E-state index in [0.29, 0.717) is 17.3 Å². The molecule has 0 amide bonds. The molecule has 2 nitrogen and oxygen atoms in total. The van der Waals surface area contributed by atoms with Crippen molar-refractivity contribution in [3.05, 3.63) is 28.7 Å². The van der Waals surface area contributed by atoms with E-state index >= 15 is 0 Å². The first-order chi connectivity index (χ1) is 9.40. The molecule has 3 heteroatoms. The summed E-state index contributed by atoms with van der Waals surface area (Å²) in [6, 6.07) is 8.10. The van der Waals surface area contributed by atoms with Gasteiger partial charge in [0, 0.05) is 10.4 Å². The SMILES string of the molecule is CC(C)(C)C1CCC(CN)C(Oc2cccc(Br)c2)C1. The Morgan fingerprint density at radius 2 is 2.05 bits per heavy atom. The zero-order chi connectivity index (χ0) is 14.8. The minimum absolute atomic E-state index is 0.243. The zero-order valence-corrected chi connectivity index (χ0v) is 14.3. The predicted molar refractivity (Wildman–Crippen MR) is 87.9 cm³/mol. The molecule has 3 atom stereocenters. The van der Waals surface area contributed by atoms with Gasteiger partial charge in [0.05, 0.1) is 0 Å². The van der Waals surface area contributed by atoms with E-state index in [4.69, 9.17) is 10.5 Å². The van der Waals surface area contributed by atoms with Crippen LogP contribution in [0.1, 0.15) is 40.0 Å². The highest BCUT2D eigenvalue weighted by molar-refractivity contribution is 9.10. The van der Waals surface area contributed by atoms with E-state index in [1.807, 2.05) is 24.3 Å². The van der Waals surface area contributed by atoms with Crippen molar-refractivity contribution in [1.29, 1.82) is 0 Å². The predicted octanol–water partition coefficient (Wildman–Crippen LogP) is 4.62. The largest absolute Gasteiger partial charge is 0.490 e. The van der Waals surface area contributed by atoms with Gasteiger partial charge >= 0.3 is 0 Å². The first-order valence-corrected chi connectivity index (χ1v) is 8.31. The molecule has 20 heavy (non-hydrogen) atoms. The minimum Gasteiger partial charge on any atom is -0.490 e. The number of rotatable bonds is 3. The highest BCUT2D eigenvalue weighted by Crippen LogP contribution is 2.41. The molecule has 112 valence electrons. The normalized spacial score (nSPS) is 27.4. The highest BCUT2D eigenvalue weighted by atomic mass is 79.9. The van der Waals surface area contributed by atoms with Crippen LogP contribution in [-0.2, 0) is 0 Å². The maximum Gasteiger partial charge on any atom is 0.120 e. The summed E-state index contributed by atoms with van der Waals surface area (Å²) in [5.74, 6) is 2.13. The van der Waals surface area contributed by atoms with E-state index in [9.17, 15) is 0 Å². The molecule has 0 saturated heterocycles. The second kappa shape index (κ2) is 6.48. The number of hydrogen-bond acceptors (Lipinski definition) is 2. The molecule has 0 heterocycles. The van der Waals surface area contributed by atoms with E-state index in [1.165, 1.54) is 12.8 Å². The van der Waals surface area contributed by atoms with Gasteiger partial charge in [-0.2, -0.15) is 0 Å². The lowest BCUT2D eigenvalue weighted by Crippen LogP contribution is -2.41. The summed E-state index contributed by atoms with van der Waals surface area (Å²) in [4.78, 5) is 0. The Kier molecular flexibility index (Phi) is 5.14. The average Bonchev–Trinajstić information content (AvgIpc) is 2.37. The van der Waals surface area contributed by atoms with Crippen molar-refractivity contribution < 1.29 is 4.74 Å². The second-order valence-corrected chi connectivity index (χ2v) is 7.90. The quantitative estimate of drug-likeness (QED) is 0.872. The van der Waals surface area contributed by atoms with Crippen molar-refractivity contribution in [3.63, 3.8) is 0 Å². The van der Waals surface area contributed by atoms with Crippen molar-refractivity contribution in [3.8, 4) is 5.75 Å². The van der Waals surface area contributed by atoms with Crippen LogP contribution in [0.3, 0.4) is 0 Å². The van der Waals surface area contributed by atoms with Crippen LogP contribution in [0.5, 0.6) is 5.75 Å². The molecule has 0 aliphatic heterocycles. The van der Waals surface area contributed by atoms with Crippen molar-refractivity contribution in [2.75, 3.05) is 6.54 Å². The van der Waals surface area contributed by atoms with Crippen LogP contribution >= 0.6 is 15.9 Å². The number of hydrogen-bond donors (Lipinski definition) is 1. The molecule has 0 bridgehead atoms. The van der Waals surface area contributed by atoms with Gasteiger partial charge in [-0.25, -0.2) is 0 Å². The fraction of sp³-hybridized carbons (Fsp3) is 0.647. The topological polar surface area (TPSA) is 35.2 Å². The fourth-order valence-electron chi connectivity index (χ4n) is 3.11. The van der Waals surface area contributed by atoms with Crippen LogP contribution in [0, 0.1) is 17.3 Å². The van der Waals surface area contributed by atoms with Crippen molar-refractivity contribution in [2.24, 2.45) is 23.0 Å². The molecule has 0 spiro atoms. The number of nitrogens with two attached hydrogens (primary N) is 1. The first-order valence-electron chi connectivity index (χ1n) is 7.52. The summed E-state index contributed by atoms with van der Waals surface area (Å²) < 4.78 is 7.31. The Bertz CT molecular complexity index is 441. The van der Waals surface area contributed by atoms with Crippen LogP contribution < -0.4 is 10.5 Å². The van der Waals surface area contributed by atoms with Gasteiger partial charge in [-0.15, -0.1) is 0 Å². The molecular weight excluding hydrogens is 314 g/mol. The lowest BCUT2D eigenvalue weighted by Gasteiger charge is -2.41. The van der Waals surface area contributed by atoms with Crippen LogP contribution in [0.2, 0.25) is 0 Å². The van der Waals surface area contributed by atoms with E-state index < -0.39 is 0 Å². The third kappa shape index (κ3) is 3.98. The minimum atomic E-state index is 0.243. The lowest BCUT2D eigenvalue weighted by atomic mass is 9.68. The Morgan fingerprint density at radius 1 is 1.30 bits per heavy atom. The molecule has 1 aromatic rings. The van der Waals surface area contributed by atoms with Gasteiger partial charge in [0.1, 0.15) is 11.9 Å². The van der Waals surface area contributed by atoms with E-state index in [-0.39, 0.29) is 6.10 Å². The first kappa shape index (κ1) is 15.8. The average molecular weight is 340 g/mol.